The lowest BCUT2D eigenvalue weighted by Crippen LogP contribution is -2.31. The fourth-order valence-electron chi connectivity index (χ4n) is 0.706. The van der Waals surface area contributed by atoms with E-state index in [4.69, 9.17) is 5.73 Å². The Hall–Kier alpha value is -0.120. The van der Waals surface area contributed by atoms with Gasteiger partial charge in [-0.05, 0) is 13.0 Å². The summed E-state index contributed by atoms with van der Waals surface area (Å²) in [6.07, 6.45) is 2.53. The Morgan fingerprint density at radius 1 is 1.10 bits per heavy atom. The van der Waals surface area contributed by atoms with Gasteiger partial charge in [-0.1, -0.05) is 13.3 Å². The number of hydrogen-bond acceptors (Lipinski definition) is 3. The molecule has 3 heteroatoms. The maximum absolute atomic E-state index is 5.23. The highest BCUT2D eigenvalue weighted by atomic mass is 15.0. The van der Waals surface area contributed by atoms with Crippen LogP contribution in [0, 0.1) is 0 Å². The molecule has 0 bridgehead atoms. The van der Waals surface area contributed by atoms with Crippen molar-refractivity contribution in [2.45, 2.75) is 19.8 Å². The summed E-state index contributed by atoms with van der Waals surface area (Å²) >= 11 is 0. The first-order chi connectivity index (χ1) is 4.91. The standard InChI is InChI=1S/C7H19N3/c1-2-3-4-9-5-6-10-7-8/h9-10H,2-8H2,1H3. The van der Waals surface area contributed by atoms with E-state index in [0.29, 0.717) is 6.67 Å². The van der Waals surface area contributed by atoms with Crippen molar-refractivity contribution in [3.63, 3.8) is 0 Å². The Labute approximate surface area is 63.4 Å². The molecule has 0 aliphatic rings. The Bertz CT molecular complexity index is 48.8. The molecule has 3 nitrogen and oxygen atoms in total. The Morgan fingerprint density at radius 3 is 2.40 bits per heavy atom. The fourth-order valence-corrected chi connectivity index (χ4v) is 0.706. The van der Waals surface area contributed by atoms with E-state index < -0.39 is 0 Å². The third-order valence-corrected chi connectivity index (χ3v) is 1.33. The van der Waals surface area contributed by atoms with Crippen LogP contribution in [0.2, 0.25) is 0 Å². The van der Waals surface area contributed by atoms with E-state index in [2.05, 4.69) is 17.6 Å². The molecule has 0 aliphatic carbocycles. The van der Waals surface area contributed by atoms with E-state index >= 15 is 0 Å². The van der Waals surface area contributed by atoms with E-state index in [1.807, 2.05) is 0 Å². The fraction of sp³-hybridized carbons (Fsp3) is 1.00. The monoisotopic (exact) mass is 145 g/mol. The number of nitrogens with one attached hydrogen (secondary N) is 2. The van der Waals surface area contributed by atoms with Gasteiger partial charge in [0.05, 0.1) is 0 Å². The molecule has 0 radical (unpaired) electrons. The van der Waals surface area contributed by atoms with Crippen LogP contribution in [-0.2, 0) is 0 Å². The Kier molecular flexibility index (Phi) is 8.77. The van der Waals surface area contributed by atoms with Crippen molar-refractivity contribution >= 4 is 0 Å². The zero-order chi connectivity index (χ0) is 7.66. The van der Waals surface area contributed by atoms with Crippen molar-refractivity contribution in [1.82, 2.24) is 10.6 Å². The molecule has 0 saturated carbocycles. The minimum absolute atomic E-state index is 0.579. The van der Waals surface area contributed by atoms with Gasteiger partial charge in [-0.3, -0.25) is 0 Å². The highest BCUT2D eigenvalue weighted by molar-refractivity contribution is 4.49. The summed E-state index contributed by atoms with van der Waals surface area (Å²) in [5.41, 5.74) is 5.23. The summed E-state index contributed by atoms with van der Waals surface area (Å²) in [4.78, 5) is 0. The average molecular weight is 145 g/mol. The van der Waals surface area contributed by atoms with Gasteiger partial charge in [0.25, 0.3) is 0 Å². The molecule has 0 heterocycles. The normalized spacial score (nSPS) is 10.2. The van der Waals surface area contributed by atoms with Gasteiger partial charge >= 0.3 is 0 Å². The number of hydrogen-bond donors (Lipinski definition) is 3. The first-order valence-electron chi connectivity index (χ1n) is 4.03. The molecule has 0 aromatic heterocycles. The number of unbranched alkanes of at least 4 members (excludes halogenated alkanes) is 1. The van der Waals surface area contributed by atoms with Crippen LogP contribution in [0.3, 0.4) is 0 Å². The third kappa shape index (κ3) is 7.88. The molecule has 0 aromatic carbocycles. The molecule has 62 valence electrons. The quantitative estimate of drug-likeness (QED) is 0.346. The lowest BCUT2D eigenvalue weighted by Gasteiger charge is -2.02. The summed E-state index contributed by atoms with van der Waals surface area (Å²) in [6.45, 7) is 5.90. The molecular formula is C7H19N3. The number of rotatable bonds is 7. The highest BCUT2D eigenvalue weighted by Gasteiger charge is 1.84. The Balaban J connectivity index is 2.65. The van der Waals surface area contributed by atoms with Crippen molar-refractivity contribution in [2.24, 2.45) is 5.73 Å². The lowest BCUT2D eigenvalue weighted by atomic mass is 10.3. The summed E-state index contributed by atoms with van der Waals surface area (Å²) < 4.78 is 0. The first kappa shape index (κ1) is 9.88. The van der Waals surface area contributed by atoms with Gasteiger partial charge in [0.2, 0.25) is 0 Å². The average Bonchev–Trinajstić information content (AvgIpc) is 1.97. The molecule has 0 fully saturated rings. The van der Waals surface area contributed by atoms with Gasteiger partial charge in [0, 0.05) is 19.8 Å². The van der Waals surface area contributed by atoms with Crippen molar-refractivity contribution in [1.29, 1.82) is 0 Å². The van der Waals surface area contributed by atoms with Crippen molar-refractivity contribution < 1.29 is 0 Å². The second-order valence-corrected chi connectivity index (χ2v) is 2.31. The van der Waals surface area contributed by atoms with Crippen LogP contribution in [0.1, 0.15) is 19.8 Å². The third-order valence-electron chi connectivity index (χ3n) is 1.33. The van der Waals surface area contributed by atoms with Gasteiger partial charge in [0.15, 0.2) is 0 Å². The lowest BCUT2D eigenvalue weighted by molar-refractivity contribution is 0.598. The molecule has 0 unspecified atom stereocenters. The predicted octanol–water partition coefficient (Wildman–Crippen LogP) is -0.118. The largest absolute Gasteiger partial charge is 0.318 e. The molecule has 0 spiro atoms. The van der Waals surface area contributed by atoms with Crippen LogP contribution in [-0.4, -0.2) is 26.3 Å². The maximum Gasteiger partial charge on any atom is 0.0429 e. The summed E-state index contributed by atoms with van der Waals surface area (Å²) in [5, 5.41) is 6.34. The van der Waals surface area contributed by atoms with Crippen LogP contribution >= 0.6 is 0 Å². The molecule has 10 heavy (non-hydrogen) atoms. The molecule has 0 atom stereocenters. The van der Waals surface area contributed by atoms with E-state index in [-0.39, 0.29) is 0 Å². The van der Waals surface area contributed by atoms with Gasteiger partial charge in [-0.15, -0.1) is 0 Å². The van der Waals surface area contributed by atoms with Crippen LogP contribution in [0.25, 0.3) is 0 Å². The predicted molar refractivity (Wildman–Crippen MR) is 44.8 cm³/mol. The summed E-state index contributed by atoms with van der Waals surface area (Å²) in [6, 6.07) is 0. The van der Waals surface area contributed by atoms with E-state index in [0.717, 1.165) is 19.6 Å². The molecule has 0 aromatic rings. The van der Waals surface area contributed by atoms with Gasteiger partial charge < -0.3 is 16.4 Å². The van der Waals surface area contributed by atoms with Gasteiger partial charge in [0.1, 0.15) is 0 Å². The maximum atomic E-state index is 5.23. The van der Waals surface area contributed by atoms with Crippen molar-refractivity contribution in [3.05, 3.63) is 0 Å². The molecular weight excluding hydrogens is 126 g/mol. The smallest absolute Gasteiger partial charge is 0.0429 e. The minimum Gasteiger partial charge on any atom is -0.318 e. The topological polar surface area (TPSA) is 50.1 Å². The van der Waals surface area contributed by atoms with Crippen LogP contribution < -0.4 is 16.4 Å². The van der Waals surface area contributed by atoms with Gasteiger partial charge in [-0.25, -0.2) is 0 Å². The molecule has 0 rings (SSSR count). The minimum atomic E-state index is 0.579. The second-order valence-electron chi connectivity index (χ2n) is 2.31. The van der Waals surface area contributed by atoms with Crippen LogP contribution in [0.5, 0.6) is 0 Å². The van der Waals surface area contributed by atoms with Crippen molar-refractivity contribution in [3.8, 4) is 0 Å². The first-order valence-corrected chi connectivity index (χ1v) is 4.03. The SMILES string of the molecule is CCCCNCCNCN. The summed E-state index contributed by atoms with van der Waals surface area (Å²) in [7, 11) is 0. The van der Waals surface area contributed by atoms with E-state index in [1.165, 1.54) is 12.8 Å². The van der Waals surface area contributed by atoms with E-state index in [9.17, 15) is 0 Å². The van der Waals surface area contributed by atoms with Crippen LogP contribution in [0.4, 0.5) is 0 Å². The molecule has 4 N–H and O–H groups in total. The number of nitrogens with two attached hydrogens (primary N) is 1. The Morgan fingerprint density at radius 2 is 1.80 bits per heavy atom. The van der Waals surface area contributed by atoms with E-state index in [1.54, 1.807) is 0 Å². The molecule has 0 amide bonds. The van der Waals surface area contributed by atoms with Crippen LogP contribution in [0.15, 0.2) is 0 Å². The zero-order valence-electron chi connectivity index (χ0n) is 6.82. The highest BCUT2D eigenvalue weighted by Crippen LogP contribution is 1.80. The second kappa shape index (κ2) is 8.88. The van der Waals surface area contributed by atoms with Gasteiger partial charge in [-0.2, -0.15) is 0 Å². The zero-order valence-corrected chi connectivity index (χ0v) is 6.82. The summed E-state index contributed by atoms with van der Waals surface area (Å²) in [5.74, 6) is 0. The molecule has 0 saturated heterocycles. The van der Waals surface area contributed by atoms with Crippen molar-refractivity contribution in [2.75, 3.05) is 26.3 Å². The molecule has 0 aliphatic heterocycles.